The Morgan fingerprint density at radius 2 is 1.72 bits per heavy atom. The molecule has 1 aromatic heterocycles. The fourth-order valence-electron chi connectivity index (χ4n) is 4.21. The van der Waals surface area contributed by atoms with E-state index in [4.69, 9.17) is 10.2 Å². The average Bonchev–Trinajstić information content (AvgIpc) is 3.24. The van der Waals surface area contributed by atoms with E-state index in [9.17, 15) is 17.6 Å². The number of furan rings is 1. The van der Waals surface area contributed by atoms with Crippen LogP contribution in [0, 0.1) is 5.82 Å². The summed E-state index contributed by atoms with van der Waals surface area (Å²) in [5, 5.41) is 3.17. The third kappa shape index (κ3) is 5.12. The lowest BCUT2D eigenvalue weighted by molar-refractivity contribution is 0.0964. The van der Waals surface area contributed by atoms with Crippen LogP contribution in [0.15, 0.2) is 71.1 Å². The first kappa shape index (κ1) is 25.4. The van der Waals surface area contributed by atoms with Gasteiger partial charge >= 0.3 is 0 Å². The number of carbonyl (C=O) groups excluding carboxylic acids is 1. The lowest BCUT2D eigenvalue weighted by Gasteiger charge is -2.25. The Morgan fingerprint density at radius 3 is 2.33 bits per heavy atom. The van der Waals surface area contributed by atoms with Crippen LogP contribution in [-0.4, -0.2) is 40.7 Å². The Balaban J connectivity index is 2.03. The zero-order valence-corrected chi connectivity index (χ0v) is 20.9. The van der Waals surface area contributed by atoms with Crippen molar-refractivity contribution in [3.63, 3.8) is 0 Å². The number of halogens is 1. The van der Waals surface area contributed by atoms with Crippen LogP contribution in [0.2, 0.25) is 0 Å². The van der Waals surface area contributed by atoms with Crippen LogP contribution < -0.4 is 15.4 Å². The molecule has 4 rings (SSSR count). The number of anilines is 1. The maximum Gasteiger partial charge on any atom is 0.255 e. The summed E-state index contributed by atoms with van der Waals surface area (Å²) in [6, 6.07) is 18.4. The van der Waals surface area contributed by atoms with Gasteiger partial charge < -0.3 is 15.5 Å². The maximum atomic E-state index is 13.6. The highest BCUT2D eigenvalue weighted by Crippen LogP contribution is 2.41. The zero-order chi connectivity index (χ0) is 25.9. The standard InChI is InChI=1S/C27H28FN3O4S/c1-30-27(32)25-22-16-21(18-8-4-3-5-9-18)23(31(36(2,33)34)15-7-6-14-29)17-24(22)35-26(25)19-10-12-20(28)13-11-19/h3-5,8-13,16-17H,6-7,14-15,29H2,1-2H3,(H,30,32). The summed E-state index contributed by atoms with van der Waals surface area (Å²) < 4.78 is 46.8. The number of benzene rings is 3. The first-order valence-electron chi connectivity index (χ1n) is 11.6. The second kappa shape index (κ2) is 10.5. The Bertz CT molecular complexity index is 1480. The lowest BCUT2D eigenvalue weighted by Crippen LogP contribution is -2.31. The van der Waals surface area contributed by atoms with Gasteiger partial charge in [0, 0.05) is 36.2 Å². The van der Waals surface area contributed by atoms with Crippen LogP contribution in [0.1, 0.15) is 23.2 Å². The molecule has 3 N–H and O–H groups in total. The van der Waals surface area contributed by atoms with Crippen molar-refractivity contribution in [3.8, 4) is 22.5 Å². The van der Waals surface area contributed by atoms with E-state index < -0.39 is 15.8 Å². The molecule has 7 nitrogen and oxygen atoms in total. The average molecular weight is 510 g/mol. The van der Waals surface area contributed by atoms with Crippen molar-refractivity contribution < 1.29 is 22.0 Å². The summed E-state index contributed by atoms with van der Waals surface area (Å²) in [6.07, 6.45) is 2.42. The summed E-state index contributed by atoms with van der Waals surface area (Å²) in [4.78, 5) is 13.0. The number of nitrogens with two attached hydrogens (primary N) is 1. The Kier molecular flexibility index (Phi) is 7.42. The highest BCUT2D eigenvalue weighted by molar-refractivity contribution is 7.92. The molecule has 0 bridgehead atoms. The van der Waals surface area contributed by atoms with Crippen LogP contribution in [0.4, 0.5) is 10.1 Å². The molecule has 0 aliphatic heterocycles. The van der Waals surface area contributed by atoms with Gasteiger partial charge in [-0.1, -0.05) is 30.3 Å². The minimum Gasteiger partial charge on any atom is -0.455 e. The molecule has 0 saturated carbocycles. The Hall–Kier alpha value is -3.69. The molecule has 0 atom stereocenters. The normalized spacial score (nSPS) is 11.6. The van der Waals surface area contributed by atoms with Gasteiger partial charge in [0.2, 0.25) is 10.0 Å². The van der Waals surface area contributed by atoms with E-state index in [-0.39, 0.29) is 23.8 Å². The van der Waals surface area contributed by atoms with Gasteiger partial charge in [0.15, 0.2) is 0 Å². The number of fused-ring (bicyclic) bond motifs is 1. The summed E-state index contributed by atoms with van der Waals surface area (Å²) in [6.45, 7) is 0.700. The number of nitrogens with one attached hydrogen (secondary N) is 1. The molecular formula is C27H28FN3O4S. The predicted molar refractivity (Wildman–Crippen MR) is 141 cm³/mol. The maximum absolute atomic E-state index is 13.6. The largest absolute Gasteiger partial charge is 0.455 e. The quantitative estimate of drug-likeness (QED) is 0.316. The second-order valence-electron chi connectivity index (χ2n) is 8.45. The van der Waals surface area contributed by atoms with Crippen molar-refractivity contribution in [3.05, 3.63) is 78.1 Å². The first-order valence-corrected chi connectivity index (χ1v) is 13.4. The molecule has 0 fully saturated rings. The SMILES string of the molecule is CNC(=O)c1c(-c2ccc(F)cc2)oc2cc(N(CCCCN)S(C)(=O)=O)c(-c3ccccc3)cc12. The molecule has 36 heavy (non-hydrogen) atoms. The van der Waals surface area contributed by atoms with Gasteiger partial charge in [0.25, 0.3) is 5.91 Å². The van der Waals surface area contributed by atoms with E-state index in [0.29, 0.717) is 47.2 Å². The number of unbranched alkanes of at least 4 members (excludes halogenated alkanes) is 1. The summed E-state index contributed by atoms with van der Waals surface area (Å²) in [5.74, 6) is -0.511. The topological polar surface area (TPSA) is 106 Å². The molecule has 0 aliphatic carbocycles. The molecule has 1 heterocycles. The summed E-state index contributed by atoms with van der Waals surface area (Å²) in [5.41, 5.74) is 8.66. The molecule has 188 valence electrons. The Morgan fingerprint density at radius 1 is 1.03 bits per heavy atom. The predicted octanol–water partition coefficient (Wildman–Crippen LogP) is 4.77. The van der Waals surface area contributed by atoms with E-state index in [2.05, 4.69) is 5.32 Å². The van der Waals surface area contributed by atoms with Crippen molar-refractivity contribution in [2.75, 3.05) is 30.7 Å². The molecule has 0 aliphatic rings. The number of rotatable bonds is 9. The van der Waals surface area contributed by atoms with Gasteiger partial charge in [-0.2, -0.15) is 0 Å². The second-order valence-corrected chi connectivity index (χ2v) is 10.4. The molecule has 0 unspecified atom stereocenters. The molecule has 4 aromatic rings. The summed E-state index contributed by atoms with van der Waals surface area (Å²) in [7, 11) is -2.13. The fraction of sp³-hybridized carbons (Fsp3) is 0.222. The minimum atomic E-state index is -3.65. The first-order chi connectivity index (χ1) is 17.2. The molecule has 9 heteroatoms. The molecule has 3 aromatic carbocycles. The van der Waals surface area contributed by atoms with Crippen LogP contribution >= 0.6 is 0 Å². The van der Waals surface area contributed by atoms with Crippen LogP contribution in [0.25, 0.3) is 33.4 Å². The van der Waals surface area contributed by atoms with E-state index >= 15 is 0 Å². The van der Waals surface area contributed by atoms with Crippen LogP contribution in [-0.2, 0) is 10.0 Å². The number of amides is 1. The van der Waals surface area contributed by atoms with E-state index in [1.165, 1.54) is 35.6 Å². The van der Waals surface area contributed by atoms with Gasteiger partial charge in [0.05, 0.1) is 17.5 Å². The molecule has 0 spiro atoms. The fourth-order valence-corrected chi connectivity index (χ4v) is 5.18. The molecule has 1 amide bonds. The van der Waals surface area contributed by atoms with Crippen molar-refractivity contribution >= 4 is 32.6 Å². The zero-order valence-electron chi connectivity index (χ0n) is 20.1. The van der Waals surface area contributed by atoms with Crippen LogP contribution in [0.3, 0.4) is 0 Å². The van der Waals surface area contributed by atoms with E-state index in [1.54, 1.807) is 12.1 Å². The van der Waals surface area contributed by atoms with Gasteiger partial charge in [-0.05, 0) is 55.3 Å². The van der Waals surface area contributed by atoms with Gasteiger partial charge in [-0.25, -0.2) is 12.8 Å². The highest BCUT2D eigenvalue weighted by atomic mass is 32.2. The van der Waals surface area contributed by atoms with Crippen molar-refractivity contribution in [1.82, 2.24) is 5.32 Å². The van der Waals surface area contributed by atoms with Crippen molar-refractivity contribution in [2.45, 2.75) is 12.8 Å². The van der Waals surface area contributed by atoms with Crippen molar-refractivity contribution in [2.24, 2.45) is 5.73 Å². The monoisotopic (exact) mass is 509 g/mol. The smallest absolute Gasteiger partial charge is 0.255 e. The van der Waals surface area contributed by atoms with Gasteiger partial charge in [-0.3, -0.25) is 9.10 Å². The lowest BCUT2D eigenvalue weighted by atomic mass is 9.98. The van der Waals surface area contributed by atoms with Crippen molar-refractivity contribution in [1.29, 1.82) is 0 Å². The Labute approximate surface area is 209 Å². The number of sulfonamides is 1. The third-order valence-electron chi connectivity index (χ3n) is 5.94. The van der Waals surface area contributed by atoms with Gasteiger partial charge in [0.1, 0.15) is 17.2 Å². The van der Waals surface area contributed by atoms with Crippen LogP contribution in [0.5, 0.6) is 0 Å². The van der Waals surface area contributed by atoms with E-state index in [1.807, 2.05) is 30.3 Å². The molecule has 0 saturated heterocycles. The number of nitrogens with zero attached hydrogens (tertiary/aromatic N) is 1. The number of hydrogen-bond donors (Lipinski definition) is 2. The third-order valence-corrected chi connectivity index (χ3v) is 7.12. The summed E-state index contributed by atoms with van der Waals surface area (Å²) >= 11 is 0. The number of carbonyl (C=O) groups is 1. The molecular weight excluding hydrogens is 481 g/mol. The number of hydrogen-bond acceptors (Lipinski definition) is 5. The molecule has 0 radical (unpaired) electrons. The van der Waals surface area contributed by atoms with E-state index in [0.717, 1.165) is 11.8 Å². The highest BCUT2D eigenvalue weighted by Gasteiger charge is 2.27. The van der Waals surface area contributed by atoms with Gasteiger partial charge in [-0.15, -0.1) is 0 Å². The minimum absolute atomic E-state index is 0.245.